The smallest absolute Gasteiger partial charge is 0.220 e. The summed E-state index contributed by atoms with van der Waals surface area (Å²) < 4.78 is 0. The van der Waals surface area contributed by atoms with Gasteiger partial charge in [0, 0.05) is 45.7 Å². The van der Waals surface area contributed by atoms with Crippen molar-refractivity contribution in [1.29, 1.82) is 0 Å². The van der Waals surface area contributed by atoms with Gasteiger partial charge in [0.1, 0.15) is 0 Å². The van der Waals surface area contributed by atoms with E-state index in [0.717, 1.165) is 45.7 Å². The molecule has 0 aromatic rings. The van der Waals surface area contributed by atoms with E-state index in [1.54, 1.807) is 0 Å². The van der Waals surface area contributed by atoms with Crippen molar-refractivity contribution in [1.82, 2.24) is 15.5 Å². The van der Waals surface area contributed by atoms with Gasteiger partial charge in [0.15, 0.2) is 0 Å². The van der Waals surface area contributed by atoms with Gasteiger partial charge in [-0.1, -0.05) is 12.8 Å². The fourth-order valence-electron chi connectivity index (χ4n) is 2.84. The van der Waals surface area contributed by atoms with Crippen LogP contribution in [0, 0.1) is 5.92 Å². The highest BCUT2D eigenvalue weighted by Crippen LogP contribution is 2.27. The van der Waals surface area contributed by atoms with E-state index in [1.165, 1.54) is 25.7 Å². The molecule has 0 bridgehead atoms. The summed E-state index contributed by atoms with van der Waals surface area (Å²) in [5.41, 5.74) is 0. The fourth-order valence-corrected chi connectivity index (χ4v) is 2.84. The van der Waals surface area contributed by atoms with E-state index >= 15 is 0 Å². The van der Waals surface area contributed by atoms with Crippen LogP contribution in [0.5, 0.6) is 0 Å². The summed E-state index contributed by atoms with van der Waals surface area (Å²) in [6.45, 7) is 6.19. The molecule has 1 saturated heterocycles. The van der Waals surface area contributed by atoms with Crippen molar-refractivity contribution in [3.63, 3.8) is 0 Å². The van der Waals surface area contributed by atoms with Crippen molar-refractivity contribution >= 4 is 18.3 Å². The Balaban J connectivity index is 0.00000162. The van der Waals surface area contributed by atoms with Crippen molar-refractivity contribution in [3.05, 3.63) is 0 Å². The van der Waals surface area contributed by atoms with E-state index < -0.39 is 0 Å². The van der Waals surface area contributed by atoms with Gasteiger partial charge in [-0.15, -0.1) is 12.4 Å². The summed E-state index contributed by atoms with van der Waals surface area (Å²) in [5, 5.41) is 6.39. The van der Waals surface area contributed by atoms with Crippen LogP contribution >= 0.6 is 12.4 Å². The molecule has 2 aliphatic rings. The van der Waals surface area contributed by atoms with Crippen LogP contribution < -0.4 is 10.6 Å². The minimum absolute atomic E-state index is 0. The average Bonchev–Trinajstić information content (AvgIpc) is 2.83. The second-order valence-corrected chi connectivity index (χ2v) is 5.30. The molecular weight excluding hydrogens is 250 g/mol. The van der Waals surface area contributed by atoms with E-state index in [4.69, 9.17) is 0 Å². The summed E-state index contributed by atoms with van der Waals surface area (Å²) in [6.07, 6.45) is 5.90. The Labute approximate surface area is 116 Å². The molecule has 0 unspecified atom stereocenters. The van der Waals surface area contributed by atoms with Gasteiger partial charge in [0.05, 0.1) is 0 Å². The number of hydrogen-bond acceptors (Lipinski definition) is 3. The molecule has 0 radical (unpaired) electrons. The van der Waals surface area contributed by atoms with Crippen LogP contribution in [0.3, 0.4) is 0 Å². The molecule has 1 heterocycles. The van der Waals surface area contributed by atoms with Gasteiger partial charge in [-0.25, -0.2) is 0 Å². The molecule has 0 aromatic carbocycles. The van der Waals surface area contributed by atoms with Gasteiger partial charge in [-0.2, -0.15) is 0 Å². The number of amides is 1. The summed E-state index contributed by atoms with van der Waals surface area (Å²) in [5.74, 6) is 0.918. The molecule has 2 rings (SSSR count). The fraction of sp³-hybridized carbons (Fsp3) is 0.923. The highest BCUT2D eigenvalue weighted by atomic mass is 35.5. The highest BCUT2D eigenvalue weighted by molar-refractivity contribution is 5.85. The Kier molecular flexibility index (Phi) is 7.63. The van der Waals surface area contributed by atoms with Gasteiger partial charge >= 0.3 is 0 Å². The lowest BCUT2D eigenvalue weighted by atomic mass is 10.0. The van der Waals surface area contributed by atoms with Crippen LogP contribution in [0.25, 0.3) is 0 Å². The zero-order chi connectivity index (χ0) is 11.9. The quantitative estimate of drug-likeness (QED) is 0.787. The monoisotopic (exact) mass is 275 g/mol. The van der Waals surface area contributed by atoms with E-state index in [9.17, 15) is 4.79 Å². The number of rotatable bonds is 5. The molecule has 1 aliphatic carbocycles. The Bertz CT molecular complexity index is 238. The molecule has 18 heavy (non-hydrogen) atoms. The van der Waals surface area contributed by atoms with Crippen LogP contribution in [0.1, 0.15) is 32.1 Å². The molecular formula is C13H26ClN3O. The Morgan fingerprint density at radius 1 is 1.22 bits per heavy atom. The minimum atomic E-state index is 0. The first kappa shape index (κ1) is 15.7. The SMILES string of the molecule is Cl.O=C(CC1CCCC1)NCCN1CCNCC1. The van der Waals surface area contributed by atoms with Crippen molar-refractivity contribution in [2.45, 2.75) is 32.1 Å². The molecule has 2 N–H and O–H groups in total. The first-order valence-corrected chi connectivity index (χ1v) is 7.04. The summed E-state index contributed by atoms with van der Waals surface area (Å²) in [4.78, 5) is 14.1. The normalized spacial score (nSPS) is 21.6. The molecule has 5 heteroatoms. The van der Waals surface area contributed by atoms with Crippen molar-refractivity contribution in [2.75, 3.05) is 39.3 Å². The number of carbonyl (C=O) groups is 1. The first-order valence-electron chi connectivity index (χ1n) is 7.04. The van der Waals surface area contributed by atoms with Gasteiger partial charge < -0.3 is 10.6 Å². The molecule has 106 valence electrons. The molecule has 1 amide bonds. The second-order valence-electron chi connectivity index (χ2n) is 5.30. The highest BCUT2D eigenvalue weighted by Gasteiger charge is 2.18. The number of hydrogen-bond donors (Lipinski definition) is 2. The maximum absolute atomic E-state index is 11.7. The molecule has 1 aliphatic heterocycles. The van der Waals surface area contributed by atoms with E-state index in [-0.39, 0.29) is 18.3 Å². The Morgan fingerprint density at radius 2 is 1.89 bits per heavy atom. The zero-order valence-corrected chi connectivity index (χ0v) is 11.9. The predicted molar refractivity (Wildman–Crippen MR) is 76.1 cm³/mol. The minimum Gasteiger partial charge on any atom is -0.355 e. The third-order valence-electron chi connectivity index (χ3n) is 3.91. The maximum atomic E-state index is 11.7. The number of nitrogens with one attached hydrogen (secondary N) is 2. The summed E-state index contributed by atoms with van der Waals surface area (Å²) in [7, 11) is 0. The van der Waals surface area contributed by atoms with Crippen LogP contribution in [-0.2, 0) is 4.79 Å². The lowest BCUT2D eigenvalue weighted by Crippen LogP contribution is -2.46. The van der Waals surface area contributed by atoms with Crippen LogP contribution in [0.4, 0.5) is 0 Å². The standard InChI is InChI=1S/C13H25N3O.ClH/c17-13(11-12-3-1-2-4-12)15-7-10-16-8-5-14-6-9-16;/h12,14H,1-11H2,(H,15,17);1H. The van der Waals surface area contributed by atoms with Crippen LogP contribution in [0.2, 0.25) is 0 Å². The lowest BCUT2D eigenvalue weighted by Gasteiger charge is -2.27. The lowest BCUT2D eigenvalue weighted by molar-refractivity contribution is -0.122. The summed E-state index contributed by atoms with van der Waals surface area (Å²) in [6, 6.07) is 0. The molecule has 0 atom stereocenters. The first-order chi connectivity index (χ1) is 8.34. The van der Waals surface area contributed by atoms with Crippen molar-refractivity contribution in [3.8, 4) is 0 Å². The molecule has 4 nitrogen and oxygen atoms in total. The van der Waals surface area contributed by atoms with Crippen molar-refractivity contribution < 1.29 is 4.79 Å². The Hall–Kier alpha value is -0.320. The maximum Gasteiger partial charge on any atom is 0.220 e. The van der Waals surface area contributed by atoms with Crippen LogP contribution in [-0.4, -0.2) is 50.1 Å². The average molecular weight is 276 g/mol. The number of carbonyl (C=O) groups excluding carboxylic acids is 1. The molecule has 1 saturated carbocycles. The largest absolute Gasteiger partial charge is 0.355 e. The third kappa shape index (κ3) is 5.55. The second kappa shape index (κ2) is 8.73. The zero-order valence-electron chi connectivity index (χ0n) is 11.1. The van der Waals surface area contributed by atoms with Gasteiger partial charge in [0.25, 0.3) is 0 Å². The van der Waals surface area contributed by atoms with Gasteiger partial charge in [-0.3, -0.25) is 9.69 Å². The van der Waals surface area contributed by atoms with E-state index in [2.05, 4.69) is 15.5 Å². The van der Waals surface area contributed by atoms with Crippen LogP contribution in [0.15, 0.2) is 0 Å². The van der Waals surface area contributed by atoms with Gasteiger partial charge in [0.2, 0.25) is 5.91 Å². The van der Waals surface area contributed by atoms with Crippen molar-refractivity contribution in [2.24, 2.45) is 5.92 Å². The molecule has 2 fully saturated rings. The summed E-state index contributed by atoms with van der Waals surface area (Å²) >= 11 is 0. The van der Waals surface area contributed by atoms with E-state index in [1.807, 2.05) is 0 Å². The predicted octanol–water partition coefficient (Wildman–Crippen LogP) is 1.01. The number of piperazine rings is 1. The van der Waals surface area contributed by atoms with Gasteiger partial charge in [-0.05, 0) is 18.8 Å². The molecule has 0 spiro atoms. The molecule has 0 aromatic heterocycles. The third-order valence-corrected chi connectivity index (χ3v) is 3.91. The number of nitrogens with zero attached hydrogens (tertiary/aromatic N) is 1. The Morgan fingerprint density at radius 3 is 2.56 bits per heavy atom. The topological polar surface area (TPSA) is 44.4 Å². The number of halogens is 1. The van der Waals surface area contributed by atoms with E-state index in [0.29, 0.717) is 5.92 Å².